The molecule has 19 heavy (non-hydrogen) atoms. The van der Waals surface area contributed by atoms with Crippen LogP contribution in [0.25, 0.3) is 0 Å². The molecule has 102 valence electrons. The van der Waals surface area contributed by atoms with Gasteiger partial charge in [-0.2, -0.15) is 0 Å². The number of aliphatic hydroxyl groups excluding tert-OH is 1. The molecule has 0 aromatic heterocycles. The van der Waals surface area contributed by atoms with Gasteiger partial charge in [-0.25, -0.2) is 0 Å². The molecule has 0 saturated heterocycles. The smallest absolute Gasteiger partial charge is 0.248 e. The number of benzene rings is 1. The maximum Gasteiger partial charge on any atom is 0.248 e. The Balaban J connectivity index is 2.73. The third kappa shape index (κ3) is 5.12. The van der Waals surface area contributed by atoms with Crippen molar-refractivity contribution in [1.29, 1.82) is 0 Å². The normalized spacial score (nSPS) is 9.63. The first-order valence-electron chi connectivity index (χ1n) is 6.18. The first-order valence-corrected chi connectivity index (χ1v) is 6.18. The lowest BCUT2D eigenvalue weighted by atomic mass is 10.1. The molecule has 0 spiro atoms. The van der Waals surface area contributed by atoms with Crippen molar-refractivity contribution >= 4 is 5.91 Å². The molecular formula is C15H19NO3. The van der Waals surface area contributed by atoms with E-state index in [2.05, 4.69) is 11.8 Å². The Morgan fingerprint density at radius 3 is 2.84 bits per heavy atom. The largest absolute Gasteiger partial charge is 0.384 e. The molecule has 0 aliphatic heterocycles. The first-order chi connectivity index (χ1) is 9.19. The van der Waals surface area contributed by atoms with Crippen LogP contribution in [-0.4, -0.2) is 42.8 Å². The second-order valence-corrected chi connectivity index (χ2v) is 4.00. The van der Waals surface area contributed by atoms with Gasteiger partial charge in [-0.1, -0.05) is 30.0 Å². The lowest BCUT2D eigenvalue weighted by molar-refractivity contribution is -0.135. The van der Waals surface area contributed by atoms with Gasteiger partial charge >= 0.3 is 0 Å². The Kier molecular flexibility index (Phi) is 6.65. The molecule has 1 aromatic carbocycles. The predicted octanol–water partition coefficient (Wildman–Crippen LogP) is 1.03. The molecule has 0 heterocycles. The van der Waals surface area contributed by atoms with E-state index < -0.39 is 0 Å². The average Bonchev–Trinajstić information content (AvgIpc) is 2.43. The SMILES string of the molecule is CCOCC(=O)N(C)Cc1ccccc1C#CCO. The summed E-state index contributed by atoms with van der Waals surface area (Å²) in [6.07, 6.45) is 0. The van der Waals surface area contributed by atoms with Gasteiger partial charge in [-0.05, 0) is 18.6 Å². The summed E-state index contributed by atoms with van der Waals surface area (Å²) in [7, 11) is 1.73. The van der Waals surface area contributed by atoms with Crippen LogP contribution in [0, 0.1) is 11.8 Å². The molecule has 4 heteroatoms. The van der Waals surface area contributed by atoms with Crippen LogP contribution in [0.1, 0.15) is 18.1 Å². The van der Waals surface area contributed by atoms with Crippen molar-refractivity contribution in [2.24, 2.45) is 0 Å². The van der Waals surface area contributed by atoms with Gasteiger partial charge in [0, 0.05) is 25.8 Å². The van der Waals surface area contributed by atoms with Gasteiger partial charge in [0.2, 0.25) is 5.91 Å². The standard InChI is InChI=1S/C15H19NO3/c1-3-19-12-15(18)16(2)11-14-8-5-4-7-13(14)9-6-10-17/h4-5,7-8,17H,3,10-12H2,1-2H3. The molecule has 4 nitrogen and oxygen atoms in total. The minimum absolute atomic E-state index is 0.0632. The molecule has 0 radical (unpaired) electrons. The third-order valence-corrected chi connectivity index (χ3v) is 2.58. The summed E-state index contributed by atoms with van der Waals surface area (Å²) < 4.78 is 5.10. The average molecular weight is 261 g/mol. The van der Waals surface area contributed by atoms with Gasteiger partial charge < -0.3 is 14.7 Å². The second-order valence-electron chi connectivity index (χ2n) is 4.00. The maximum atomic E-state index is 11.8. The van der Waals surface area contributed by atoms with Gasteiger partial charge in [-0.3, -0.25) is 4.79 Å². The van der Waals surface area contributed by atoms with Crippen molar-refractivity contribution in [3.05, 3.63) is 35.4 Å². The highest BCUT2D eigenvalue weighted by Crippen LogP contribution is 2.10. The van der Waals surface area contributed by atoms with E-state index in [-0.39, 0.29) is 19.1 Å². The Morgan fingerprint density at radius 2 is 2.16 bits per heavy atom. The van der Waals surface area contributed by atoms with Crippen molar-refractivity contribution in [3.63, 3.8) is 0 Å². The Hall–Kier alpha value is -1.83. The number of amides is 1. The van der Waals surface area contributed by atoms with Crippen molar-refractivity contribution in [1.82, 2.24) is 4.90 Å². The van der Waals surface area contributed by atoms with E-state index in [0.29, 0.717) is 13.2 Å². The van der Waals surface area contributed by atoms with E-state index in [4.69, 9.17) is 9.84 Å². The molecule has 1 amide bonds. The molecule has 0 bridgehead atoms. The monoisotopic (exact) mass is 261 g/mol. The van der Waals surface area contributed by atoms with E-state index in [9.17, 15) is 4.79 Å². The maximum absolute atomic E-state index is 11.8. The van der Waals surface area contributed by atoms with Crippen molar-refractivity contribution in [3.8, 4) is 11.8 Å². The number of rotatable bonds is 5. The van der Waals surface area contributed by atoms with Crippen molar-refractivity contribution in [2.75, 3.05) is 26.9 Å². The van der Waals surface area contributed by atoms with Crippen LogP contribution in [0.3, 0.4) is 0 Å². The summed E-state index contributed by atoms with van der Waals surface area (Å²) in [4.78, 5) is 13.4. The Morgan fingerprint density at radius 1 is 1.42 bits per heavy atom. The quantitative estimate of drug-likeness (QED) is 0.805. The predicted molar refractivity (Wildman–Crippen MR) is 73.4 cm³/mol. The van der Waals surface area contributed by atoms with Crippen LogP contribution >= 0.6 is 0 Å². The molecule has 0 aliphatic carbocycles. The number of carbonyl (C=O) groups excluding carboxylic acids is 1. The van der Waals surface area contributed by atoms with Gasteiger partial charge in [-0.15, -0.1) is 0 Å². The number of nitrogens with zero attached hydrogens (tertiary/aromatic N) is 1. The Bertz CT molecular complexity index is 474. The van der Waals surface area contributed by atoms with Crippen LogP contribution < -0.4 is 0 Å². The van der Waals surface area contributed by atoms with Crippen LogP contribution in [-0.2, 0) is 16.1 Å². The zero-order chi connectivity index (χ0) is 14.1. The molecule has 0 saturated carbocycles. The molecule has 1 rings (SSSR count). The minimum Gasteiger partial charge on any atom is -0.384 e. The summed E-state index contributed by atoms with van der Waals surface area (Å²) in [6.45, 7) is 2.78. The second kappa shape index (κ2) is 8.30. The number of carbonyl (C=O) groups is 1. The van der Waals surface area contributed by atoms with Crippen molar-refractivity contribution < 1.29 is 14.6 Å². The summed E-state index contributed by atoms with van der Waals surface area (Å²) in [6, 6.07) is 7.58. The summed E-state index contributed by atoms with van der Waals surface area (Å²) in [5, 5.41) is 8.73. The van der Waals surface area contributed by atoms with Gasteiger partial charge in [0.05, 0.1) is 0 Å². The van der Waals surface area contributed by atoms with Crippen LogP contribution in [0.4, 0.5) is 0 Å². The van der Waals surface area contributed by atoms with Gasteiger partial charge in [0.15, 0.2) is 0 Å². The van der Waals surface area contributed by atoms with Crippen LogP contribution in [0.2, 0.25) is 0 Å². The van der Waals surface area contributed by atoms with Crippen LogP contribution in [0.5, 0.6) is 0 Å². The zero-order valence-corrected chi connectivity index (χ0v) is 11.3. The number of likely N-dealkylation sites (N-methyl/N-ethyl adjacent to an activating group) is 1. The highest BCUT2D eigenvalue weighted by atomic mass is 16.5. The molecule has 0 fully saturated rings. The van der Waals surface area contributed by atoms with E-state index in [1.54, 1.807) is 11.9 Å². The van der Waals surface area contributed by atoms with Crippen LogP contribution in [0.15, 0.2) is 24.3 Å². The van der Waals surface area contributed by atoms with Gasteiger partial charge in [0.1, 0.15) is 13.2 Å². The molecule has 1 aromatic rings. The highest BCUT2D eigenvalue weighted by molar-refractivity contribution is 5.77. The molecular weight excluding hydrogens is 242 g/mol. The zero-order valence-electron chi connectivity index (χ0n) is 11.3. The lowest BCUT2D eigenvalue weighted by Gasteiger charge is -2.18. The number of hydrogen-bond acceptors (Lipinski definition) is 3. The van der Waals surface area contributed by atoms with E-state index >= 15 is 0 Å². The topological polar surface area (TPSA) is 49.8 Å². The molecule has 0 unspecified atom stereocenters. The highest BCUT2D eigenvalue weighted by Gasteiger charge is 2.10. The molecule has 0 aliphatic rings. The fourth-order valence-electron chi connectivity index (χ4n) is 1.56. The fourth-order valence-corrected chi connectivity index (χ4v) is 1.56. The number of aliphatic hydroxyl groups is 1. The number of hydrogen-bond donors (Lipinski definition) is 1. The summed E-state index contributed by atoms with van der Waals surface area (Å²) >= 11 is 0. The number of ether oxygens (including phenoxy) is 1. The minimum atomic E-state index is -0.173. The lowest BCUT2D eigenvalue weighted by Crippen LogP contribution is -2.30. The van der Waals surface area contributed by atoms with E-state index in [1.807, 2.05) is 31.2 Å². The van der Waals surface area contributed by atoms with E-state index in [0.717, 1.165) is 11.1 Å². The molecule has 1 N–H and O–H groups in total. The fraction of sp³-hybridized carbons (Fsp3) is 0.400. The molecule has 0 atom stereocenters. The Labute approximate surface area is 114 Å². The van der Waals surface area contributed by atoms with Crippen molar-refractivity contribution in [2.45, 2.75) is 13.5 Å². The first kappa shape index (κ1) is 15.2. The van der Waals surface area contributed by atoms with E-state index in [1.165, 1.54) is 0 Å². The van der Waals surface area contributed by atoms with Gasteiger partial charge in [0.25, 0.3) is 0 Å². The summed E-state index contributed by atoms with van der Waals surface area (Å²) in [5.41, 5.74) is 1.78. The third-order valence-electron chi connectivity index (χ3n) is 2.58. The summed E-state index contributed by atoms with van der Waals surface area (Å²) in [5.74, 6) is 5.44.